The minimum Gasteiger partial charge on any atom is -0.268 e. The second-order valence-electron chi connectivity index (χ2n) is 2.99. The van der Waals surface area contributed by atoms with E-state index in [1.54, 1.807) is 4.68 Å². The van der Waals surface area contributed by atoms with Crippen molar-refractivity contribution in [3.63, 3.8) is 0 Å². The van der Waals surface area contributed by atoms with Crippen LogP contribution in [-0.2, 0) is 7.05 Å². The van der Waals surface area contributed by atoms with Crippen LogP contribution in [0.15, 0.2) is 12.1 Å². The lowest BCUT2D eigenvalue weighted by Gasteiger charge is -1.97. The summed E-state index contributed by atoms with van der Waals surface area (Å²) in [5, 5.41) is 6.47. The molecule has 1 heterocycles. The highest BCUT2D eigenvalue weighted by atomic mass is 35.5. The number of hydrogen-bond acceptors (Lipinski definition) is 1. The molecular formula is C9H8Cl2N2. The van der Waals surface area contributed by atoms with Crippen LogP contribution in [0.4, 0.5) is 0 Å². The molecule has 0 radical (unpaired) electrons. The predicted molar refractivity (Wildman–Crippen MR) is 55.5 cm³/mol. The zero-order chi connectivity index (χ0) is 9.59. The molecule has 0 aliphatic heterocycles. The number of aromatic nitrogens is 2. The molecule has 0 N–H and O–H groups in total. The topological polar surface area (TPSA) is 17.8 Å². The van der Waals surface area contributed by atoms with Crippen molar-refractivity contribution < 1.29 is 0 Å². The Bertz CT molecular complexity index is 432. The molecule has 13 heavy (non-hydrogen) atoms. The van der Waals surface area contributed by atoms with Gasteiger partial charge in [0.1, 0.15) is 0 Å². The SMILES string of the molecule is Cc1nn(C)c2cc(Cl)c(Cl)cc12. The number of nitrogens with zero attached hydrogens (tertiary/aromatic N) is 2. The summed E-state index contributed by atoms with van der Waals surface area (Å²) < 4.78 is 1.80. The van der Waals surface area contributed by atoms with Crippen molar-refractivity contribution >= 4 is 34.1 Å². The van der Waals surface area contributed by atoms with E-state index in [1.807, 2.05) is 26.1 Å². The quantitative estimate of drug-likeness (QED) is 0.659. The van der Waals surface area contributed by atoms with Gasteiger partial charge in [0.05, 0.1) is 21.3 Å². The molecule has 0 unspecified atom stereocenters. The fourth-order valence-electron chi connectivity index (χ4n) is 1.43. The minimum atomic E-state index is 0.567. The Kier molecular flexibility index (Phi) is 1.97. The van der Waals surface area contributed by atoms with Crippen LogP contribution >= 0.6 is 23.2 Å². The van der Waals surface area contributed by atoms with E-state index >= 15 is 0 Å². The first-order chi connectivity index (χ1) is 6.09. The lowest BCUT2D eigenvalue weighted by Crippen LogP contribution is -1.89. The molecule has 0 saturated carbocycles. The molecule has 0 atom stereocenters. The maximum absolute atomic E-state index is 5.90. The molecule has 1 aromatic carbocycles. The molecule has 0 spiro atoms. The van der Waals surface area contributed by atoms with Gasteiger partial charge >= 0.3 is 0 Å². The second kappa shape index (κ2) is 2.89. The average Bonchev–Trinajstić information content (AvgIpc) is 2.31. The highest BCUT2D eigenvalue weighted by Gasteiger charge is 2.07. The van der Waals surface area contributed by atoms with E-state index in [-0.39, 0.29) is 0 Å². The van der Waals surface area contributed by atoms with Crippen molar-refractivity contribution in [2.45, 2.75) is 6.92 Å². The summed E-state index contributed by atoms with van der Waals surface area (Å²) in [6.45, 7) is 1.95. The lowest BCUT2D eigenvalue weighted by molar-refractivity contribution is 0.783. The van der Waals surface area contributed by atoms with Gasteiger partial charge in [0.2, 0.25) is 0 Å². The number of hydrogen-bond donors (Lipinski definition) is 0. The van der Waals surface area contributed by atoms with Gasteiger partial charge in [-0.25, -0.2) is 0 Å². The van der Waals surface area contributed by atoms with Crippen molar-refractivity contribution in [2.24, 2.45) is 7.05 Å². The van der Waals surface area contributed by atoms with Gasteiger partial charge in [-0.15, -0.1) is 0 Å². The Morgan fingerprint density at radius 2 is 1.85 bits per heavy atom. The molecule has 0 saturated heterocycles. The summed E-state index contributed by atoms with van der Waals surface area (Å²) in [5.41, 5.74) is 1.97. The highest BCUT2D eigenvalue weighted by molar-refractivity contribution is 6.42. The third kappa shape index (κ3) is 1.30. The van der Waals surface area contributed by atoms with Gasteiger partial charge < -0.3 is 0 Å². The van der Waals surface area contributed by atoms with Gasteiger partial charge in [0.25, 0.3) is 0 Å². The fourth-order valence-corrected chi connectivity index (χ4v) is 1.75. The molecule has 0 amide bonds. The zero-order valence-electron chi connectivity index (χ0n) is 7.31. The highest BCUT2D eigenvalue weighted by Crippen LogP contribution is 2.28. The number of fused-ring (bicyclic) bond motifs is 1. The average molecular weight is 215 g/mol. The summed E-state index contributed by atoms with van der Waals surface area (Å²) >= 11 is 11.8. The lowest BCUT2D eigenvalue weighted by atomic mass is 10.2. The number of benzene rings is 1. The number of aryl methyl sites for hydroxylation is 2. The van der Waals surface area contributed by atoms with Crippen LogP contribution in [-0.4, -0.2) is 9.78 Å². The first-order valence-electron chi connectivity index (χ1n) is 3.88. The van der Waals surface area contributed by atoms with Crippen molar-refractivity contribution in [2.75, 3.05) is 0 Å². The van der Waals surface area contributed by atoms with E-state index in [0.29, 0.717) is 10.0 Å². The van der Waals surface area contributed by atoms with E-state index in [1.165, 1.54) is 0 Å². The molecule has 1 aromatic heterocycles. The van der Waals surface area contributed by atoms with Gasteiger partial charge in [-0.2, -0.15) is 5.10 Å². The predicted octanol–water partition coefficient (Wildman–Crippen LogP) is 3.19. The normalized spacial score (nSPS) is 11.1. The van der Waals surface area contributed by atoms with Crippen LogP contribution in [0, 0.1) is 6.92 Å². The largest absolute Gasteiger partial charge is 0.268 e. The van der Waals surface area contributed by atoms with Gasteiger partial charge in [-0.1, -0.05) is 23.2 Å². The third-order valence-corrected chi connectivity index (χ3v) is 2.80. The van der Waals surface area contributed by atoms with E-state index in [0.717, 1.165) is 16.6 Å². The van der Waals surface area contributed by atoms with Crippen LogP contribution in [0.25, 0.3) is 10.9 Å². The Balaban J connectivity index is 2.91. The summed E-state index contributed by atoms with van der Waals surface area (Å²) in [6.07, 6.45) is 0. The first-order valence-corrected chi connectivity index (χ1v) is 4.63. The van der Waals surface area contributed by atoms with E-state index in [2.05, 4.69) is 5.10 Å². The van der Waals surface area contributed by atoms with Crippen LogP contribution < -0.4 is 0 Å². The van der Waals surface area contributed by atoms with Crippen LogP contribution in [0.3, 0.4) is 0 Å². The summed E-state index contributed by atoms with van der Waals surface area (Å²) in [4.78, 5) is 0. The maximum atomic E-state index is 5.90. The van der Waals surface area contributed by atoms with Gasteiger partial charge in [-0.05, 0) is 19.1 Å². The van der Waals surface area contributed by atoms with Gasteiger partial charge in [-0.3, -0.25) is 4.68 Å². The number of halogens is 2. The van der Waals surface area contributed by atoms with Crippen LogP contribution in [0.2, 0.25) is 10.0 Å². The summed E-state index contributed by atoms with van der Waals surface area (Å²) in [7, 11) is 1.89. The Morgan fingerprint density at radius 3 is 2.54 bits per heavy atom. The smallest absolute Gasteiger partial charge is 0.0697 e. The Morgan fingerprint density at radius 1 is 1.23 bits per heavy atom. The van der Waals surface area contributed by atoms with E-state index < -0.39 is 0 Å². The monoisotopic (exact) mass is 214 g/mol. The zero-order valence-corrected chi connectivity index (χ0v) is 8.82. The van der Waals surface area contributed by atoms with E-state index in [4.69, 9.17) is 23.2 Å². The standard InChI is InChI=1S/C9H8Cl2N2/c1-5-6-3-7(10)8(11)4-9(6)13(2)12-5/h3-4H,1-2H3. The Labute approximate surface area is 86.1 Å². The molecule has 2 nitrogen and oxygen atoms in total. The molecular weight excluding hydrogens is 207 g/mol. The van der Waals surface area contributed by atoms with Crippen LogP contribution in [0.5, 0.6) is 0 Å². The van der Waals surface area contributed by atoms with E-state index in [9.17, 15) is 0 Å². The molecule has 0 aliphatic rings. The molecule has 0 aliphatic carbocycles. The maximum Gasteiger partial charge on any atom is 0.0697 e. The van der Waals surface area contributed by atoms with Crippen molar-refractivity contribution in [3.05, 3.63) is 27.9 Å². The minimum absolute atomic E-state index is 0.567. The molecule has 4 heteroatoms. The molecule has 0 bridgehead atoms. The van der Waals surface area contributed by atoms with Gasteiger partial charge in [0.15, 0.2) is 0 Å². The van der Waals surface area contributed by atoms with Crippen molar-refractivity contribution in [1.82, 2.24) is 9.78 Å². The third-order valence-electron chi connectivity index (χ3n) is 2.08. The Hall–Kier alpha value is -0.730. The second-order valence-corrected chi connectivity index (χ2v) is 3.81. The van der Waals surface area contributed by atoms with Crippen LogP contribution in [0.1, 0.15) is 5.69 Å². The fraction of sp³-hybridized carbons (Fsp3) is 0.222. The summed E-state index contributed by atoms with van der Waals surface area (Å²) in [5.74, 6) is 0. The molecule has 2 rings (SSSR count). The first kappa shape index (κ1) is 8.85. The summed E-state index contributed by atoms with van der Waals surface area (Å²) in [6, 6.07) is 3.68. The molecule has 0 fully saturated rings. The van der Waals surface area contributed by atoms with Crippen molar-refractivity contribution in [3.8, 4) is 0 Å². The molecule has 2 aromatic rings. The molecule has 68 valence electrons. The number of rotatable bonds is 0. The van der Waals surface area contributed by atoms with Crippen molar-refractivity contribution in [1.29, 1.82) is 0 Å². The van der Waals surface area contributed by atoms with Gasteiger partial charge in [0, 0.05) is 12.4 Å².